The molecule has 1 aliphatic heterocycles. The number of nitrogens with zero attached hydrogens (tertiary/aromatic N) is 3. The molecule has 2 saturated carbocycles. The van der Waals surface area contributed by atoms with E-state index in [-0.39, 0.29) is 23.8 Å². The zero-order chi connectivity index (χ0) is 26.4. The summed E-state index contributed by atoms with van der Waals surface area (Å²) in [7, 11) is 1.35. The van der Waals surface area contributed by atoms with E-state index in [0.717, 1.165) is 36.9 Å². The summed E-state index contributed by atoms with van der Waals surface area (Å²) in [6.07, 6.45) is 3.66. The van der Waals surface area contributed by atoms with Gasteiger partial charge in [0.05, 0.1) is 25.1 Å². The highest BCUT2D eigenvalue weighted by molar-refractivity contribution is 7.97. The molecular formula is C27H38F3N3O2S. The molecular weight excluding hydrogens is 487 g/mol. The first kappa shape index (κ1) is 27.3. The van der Waals surface area contributed by atoms with Crippen molar-refractivity contribution >= 4 is 23.7 Å². The first-order valence-electron chi connectivity index (χ1n) is 12.8. The third kappa shape index (κ3) is 4.44. The molecule has 36 heavy (non-hydrogen) atoms. The lowest BCUT2D eigenvalue weighted by Gasteiger charge is -2.53. The van der Waals surface area contributed by atoms with Crippen LogP contribution < -0.4 is 4.90 Å². The number of piperazine rings is 1. The summed E-state index contributed by atoms with van der Waals surface area (Å²) in [6.45, 7) is 13.3. The second kappa shape index (κ2) is 9.86. The maximum atomic E-state index is 13.0. The average Bonchev–Trinajstić information content (AvgIpc) is 3.35. The van der Waals surface area contributed by atoms with E-state index in [4.69, 9.17) is 4.74 Å². The summed E-state index contributed by atoms with van der Waals surface area (Å²) in [4.78, 5) is 18.2. The summed E-state index contributed by atoms with van der Waals surface area (Å²) < 4.78 is 46.2. The molecule has 1 spiro atoms. The van der Waals surface area contributed by atoms with Crippen LogP contribution in [0.2, 0.25) is 0 Å². The van der Waals surface area contributed by atoms with E-state index in [1.54, 1.807) is 0 Å². The summed E-state index contributed by atoms with van der Waals surface area (Å²) >= 11 is 1.82. The van der Waals surface area contributed by atoms with E-state index in [2.05, 4.69) is 42.7 Å². The number of carbonyl (C=O) groups excluding carboxylic acids is 1. The van der Waals surface area contributed by atoms with Crippen LogP contribution in [0.4, 0.5) is 19.0 Å². The number of aromatic nitrogens is 1. The number of alkyl halides is 3. The highest BCUT2D eigenvalue weighted by Crippen LogP contribution is 2.86. The first-order chi connectivity index (χ1) is 17.0. The predicted octanol–water partition coefficient (Wildman–Crippen LogP) is 6.21. The molecule has 0 bridgehead atoms. The molecule has 200 valence electrons. The number of hydrogen-bond donors (Lipinski definition) is 0. The van der Waals surface area contributed by atoms with Crippen molar-refractivity contribution in [2.24, 2.45) is 22.2 Å². The lowest BCUT2D eigenvalue weighted by molar-refractivity contribution is -0.141. The molecule has 3 fully saturated rings. The third-order valence-corrected chi connectivity index (χ3v) is 10.6. The average molecular weight is 526 g/mol. The third-order valence-electron chi connectivity index (χ3n) is 9.30. The molecule has 3 aliphatic rings. The fourth-order valence-electron chi connectivity index (χ4n) is 7.23. The van der Waals surface area contributed by atoms with Crippen LogP contribution in [0, 0.1) is 22.2 Å². The summed E-state index contributed by atoms with van der Waals surface area (Å²) in [5, 5.41) is 0. The quantitative estimate of drug-likeness (QED) is 0.217. The number of pyridine rings is 1. The number of anilines is 1. The van der Waals surface area contributed by atoms with Gasteiger partial charge in [-0.1, -0.05) is 45.2 Å². The number of hydrogen-bond acceptors (Lipinski definition) is 6. The van der Waals surface area contributed by atoms with E-state index in [1.807, 2.05) is 16.8 Å². The number of carbonyl (C=O) groups is 1. The van der Waals surface area contributed by atoms with Gasteiger partial charge >= 0.3 is 12.1 Å². The van der Waals surface area contributed by atoms with Gasteiger partial charge in [0.25, 0.3) is 0 Å². The molecule has 1 saturated heterocycles. The van der Waals surface area contributed by atoms with E-state index in [1.165, 1.54) is 32.4 Å². The molecule has 1 aromatic heterocycles. The molecule has 1 aromatic rings. The van der Waals surface area contributed by atoms with Crippen LogP contribution >= 0.6 is 11.9 Å². The summed E-state index contributed by atoms with van der Waals surface area (Å²) in [5.74, 6) is 1.80. The van der Waals surface area contributed by atoms with Crippen molar-refractivity contribution in [3.8, 4) is 0 Å². The number of halogens is 3. The van der Waals surface area contributed by atoms with Gasteiger partial charge in [0, 0.05) is 37.0 Å². The lowest BCUT2D eigenvalue weighted by Crippen LogP contribution is -2.53. The SMILES string of the molecule is C=CC1(CSN2CCN(c3ccc(C(F)(F)F)cn3)C(CC(=O)OC)C2)CCC12C(CCC)C2(C)C. The van der Waals surface area contributed by atoms with Crippen molar-refractivity contribution in [2.45, 2.75) is 65.1 Å². The Balaban J connectivity index is 1.45. The van der Waals surface area contributed by atoms with Gasteiger partial charge in [0.1, 0.15) is 5.82 Å². The molecule has 5 nitrogen and oxygen atoms in total. The molecule has 2 aliphatic carbocycles. The van der Waals surface area contributed by atoms with E-state index < -0.39 is 11.7 Å². The van der Waals surface area contributed by atoms with Crippen LogP contribution in [0.25, 0.3) is 0 Å². The maximum absolute atomic E-state index is 13.0. The Bertz CT molecular complexity index is 970. The molecule has 2 heterocycles. The van der Waals surface area contributed by atoms with Crippen molar-refractivity contribution < 1.29 is 22.7 Å². The highest BCUT2D eigenvalue weighted by Gasteiger charge is 2.80. The summed E-state index contributed by atoms with van der Waals surface area (Å²) in [5.41, 5.74) is 0.00206. The van der Waals surface area contributed by atoms with Gasteiger partial charge < -0.3 is 9.64 Å². The van der Waals surface area contributed by atoms with Gasteiger partial charge in [0.2, 0.25) is 0 Å². The fraction of sp³-hybridized carbons (Fsp3) is 0.704. The zero-order valence-electron chi connectivity index (χ0n) is 21.7. The van der Waals surface area contributed by atoms with Gasteiger partial charge in [0.15, 0.2) is 0 Å². The first-order valence-corrected chi connectivity index (χ1v) is 13.8. The molecule has 0 radical (unpaired) electrons. The molecule has 9 heteroatoms. The Kier molecular flexibility index (Phi) is 7.47. The summed E-state index contributed by atoms with van der Waals surface area (Å²) in [6, 6.07) is 2.21. The molecule has 0 aromatic carbocycles. The number of rotatable bonds is 9. The molecule has 0 amide bonds. The molecule has 4 atom stereocenters. The van der Waals surface area contributed by atoms with Crippen LogP contribution in [0.5, 0.6) is 0 Å². The van der Waals surface area contributed by atoms with Gasteiger partial charge in [-0.15, -0.1) is 6.58 Å². The van der Waals surface area contributed by atoms with Crippen molar-refractivity contribution in [1.82, 2.24) is 9.29 Å². The number of esters is 1. The maximum Gasteiger partial charge on any atom is 0.417 e. The Morgan fingerprint density at radius 1 is 1.31 bits per heavy atom. The van der Waals surface area contributed by atoms with Crippen molar-refractivity contribution in [3.63, 3.8) is 0 Å². The monoisotopic (exact) mass is 525 g/mol. The van der Waals surface area contributed by atoms with Crippen LogP contribution in [0.15, 0.2) is 31.0 Å². The van der Waals surface area contributed by atoms with E-state index in [9.17, 15) is 18.0 Å². The highest BCUT2D eigenvalue weighted by atomic mass is 32.2. The minimum absolute atomic E-state index is 0.116. The van der Waals surface area contributed by atoms with Crippen LogP contribution in [-0.2, 0) is 15.7 Å². The predicted molar refractivity (Wildman–Crippen MR) is 138 cm³/mol. The van der Waals surface area contributed by atoms with Crippen molar-refractivity contribution in [3.05, 3.63) is 36.5 Å². The Hall–Kier alpha value is -1.74. The fourth-order valence-corrected chi connectivity index (χ4v) is 8.65. The minimum Gasteiger partial charge on any atom is -0.469 e. The van der Waals surface area contributed by atoms with Gasteiger partial charge in [-0.25, -0.2) is 9.29 Å². The van der Waals surface area contributed by atoms with Crippen molar-refractivity contribution in [2.75, 3.05) is 37.4 Å². The largest absolute Gasteiger partial charge is 0.469 e. The number of allylic oxidation sites excluding steroid dienone is 1. The molecule has 4 unspecified atom stereocenters. The smallest absolute Gasteiger partial charge is 0.417 e. The number of ether oxygens (including phenoxy) is 1. The normalized spacial score (nSPS) is 31.7. The second-order valence-electron chi connectivity index (χ2n) is 11.1. The Morgan fingerprint density at radius 3 is 2.58 bits per heavy atom. The van der Waals surface area contributed by atoms with Crippen LogP contribution in [-0.4, -0.2) is 53.8 Å². The second-order valence-corrected chi connectivity index (χ2v) is 12.1. The molecule has 0 N–H and O–H groups in total. The van der Waals surface area contributed by atoms with Gasteiger partial charge in [-0.2, -0.15) is 13.2 Å². The van der Waals surface area contributed by atoms with Gasteiger partial charge in [-0.05, 0) is 48.1 Å². The Morgan fingerprint density at radius 2 is 2.06 bits per heavy atom. The number of methoxy groups -OCH3 is 1. The standard InChI is InChI=1S/C27H38F3N3O2S/c1-6-8-21-24(3,4)26(21)12-11-25(26,7-2)18-36-32-13-14-33(20(17-32)15-23(34)35-5)22-10-9-19(16-31-22)27(28,29)30/h7,9-10,16,20-21H,2,6,8,11-15,17-18H2,1,3-5H3. The van der Waals surface area contributed by atoms with Crippen LogP contribution in [0.1, 0.15) is 58.4 Å². The lowest BCUT2D eigenvalue weighted by atomic mass is 9.54. The Labute approximate surface area is 217 Å². The minimum atomic E-state index is -4.43. The topological polar surface area (TPSA) is 45.7 Å². The zero-order valence-corrected chi connectivity index (χ0v) is 22.6. The van der Waals surface area contributed by atoms with Gasteiger partial charge in [-0.3, -0.25) is 4.79 Å². The van der Waals surface area contributed by atoms with Crippen LogP contribution in [0.3, 0.4) is 0 Å². The van der Waals surface area contributed by atoms with E-state index >= 15 is 0 Å². The molecule has 4 rings (SSSR count). The van der Waals surface area contributed by atoms with Crippen molar-refractivity contribution in [1.29, 1.82) is 0 Å². The van der Waals surface area contributed by atoms with E-state index in [0.29, 0.717) is 29.7 Å².